The number of ether oxygens (including phenoxy) is 1. The number of aromatic nitrogens is 2. The number of halogens is 1. The van der Waals surface area contributed by atoms with Crippen LogP contribution in [0.15, 0.2) is 53.1 Å². The Morgan fingerprint density at radius 2 is 1.81 bits per heavy atom. The van der Waals surface area contributed by atoms with Crippen molar-refractivity contribution in [3.63, 3.8) is 0 Å². The number of hydrogen-bond donors (Lipinski definition) is 1. The largest absolute Gasteiger partial charge is 0.465 e. The third kappa shape index (κ3) is 3.92. The molecule has 0 atom stereocenters. The quantitative estimate of drug-likeness (QED) is 0.707. The van der Waals surface area contributed by atoms with Crippen LogP contribution in [0.5, 0.6) is 0 Å². The Hall–Kier alpha value is -3.55. The van der Waals surface area contributed by atoms with E-state index in [0.717, 1.165) is 5.56 Å². The van der Waals surface area contributed by atoms with Gasteiger partial charge in [0.2, 0.25) is 5.82 Å². The molecule has 0 radical (unpaired) electrons. The van der Waals surface area contributed by atoms with Crippen LogP contribution in [0, 0.1) is 5.82 Å². The van der Waals surface area contributed by atoms with Crippen molar-refractivity contribution in [1.82, 2.24) is 15.5 Å². The standard InChI is InChI=1S/C18H14FN3O4/c1-25-18(24)13-4-2-11(3-5-13)10-20-16(23)17-21-15(22-26-17)12-6-8-14(19)9-7-12/h2-9H,10H2,1H3,(H,20,23). The van der Waals surface area contributed by atoms with Gasteiger partial charge in [0.25, 0.3) is 0 Å². The lowest BCUT2D eigenvalue weighted by Gasteiger charge is -2.04. The van der Waals surface area contributed by atoms with Crippen molar-refractivity contribution in [1.29, 1.82) is 0 Å². The van der Waals surface area contributed by atoms with Gasteiger partial charge in [0.1, 0.15) is 5.82 Å². The molecule has 0 spiro atoms. The third-order valence-electron chi connectivity index (χ3n) is 3.55. The van der Waals surface area contributed by atoms with Gasteiger partial charge >= 0.3 is 17.8 Å². The lowest BCUT2D eigenvalue weighted by molar-refractivity contribution is 0.0600. The summed E-state index contributed by atoms with van der Waals surface area (Å²) in [6.45, 7) is 0.217. The molecule has 3 aromatic rings. The molecule has 0 unspecified atom stereocenters. The van der Waals surface area contributed by atoms with Crippen molar-refractivity contribution in [3.8, 4) is 11.4 Å². The highest BCUT2D eigenvalue weighted by Gasteiger charge is 2.16. The Balaban J connectivity index is 1.62. The molecule has 1 aromatic heterocycles. The van der Waals surface area contributed by atoms with Crippen LogP contribution in [0.1, 0.15) is 26.6 Å². The summed E-state index contributed by atoms with van der Waals surface area (Å²) in [6, 6.07) is 12.1. The van der Waals surface area contributed by atoms with E-state index in [1.807, 2.05) is 0 Å². The van der Waals surface area contributed by atoms with Crippen LogP contribution in [0.2, 0.25) is 0 Å². The maximum Gasteiger partial charge on any atom is 0.337 e. The monoisotopic (exact) mass is 355 g/mol. The van der Waals surface area contributed by atoms with E-state index >= 15 is 0 Å². The number of esters is 1. The topological polar surface area (TPSA) is 94.3 Å². The Morgan fingerprint density at radius 1 is 1.12 bits per heavy atom. The number of methoxy groups -OCH3 is 1. The van der Waals surface area contributed by atoms with E-state index in [2.05, 4.69) is 20.2 Å². The molecule has 0 saturated heterocycles. The average molecular weight is 355 g/mol. The molecule has 0 aliphatic rings. The maximum absolute atomic E-state index is 12.9. The van der Waals surface area contributed by atoms with Crippen molar-refractivity contribution in [2.45, 2.75) is 6.54 Å². The number of carbonyl (C=O) groups is 2. The lowest BCUT2D eigenvalue weighted by Crippen LogP contribution is -2.23. The molecular weight excluding hydrogens is 341 g/mol. The minimum atomic E-state index is -0.539. The first-order valence-corrected chi connectivity index (χ1v) is 7.62. The summed E-state index contributed by atoms with van der Waals surface area (Å²) in [7, 11) is 1.31. The Labute approximate surface area is 147 Å². The van der Waals surface area contributed by atoms with Crippen LogP contribution in [0.25, 0.3) is 11.4 Å². The Morgan fingerprint density at radius 3 is 2.46 bits per heavy atom. The van der Waals surface area contributed by atoms with Crippen LogP contribution in [0.3, 0.4) is 0 Å². The van der Waals surface area contributed by atoms with Gasteiger partial charge in [0.15, 0.2) is 0 Å². The van der Waals surface area contributed by atoms with Gasteiger partial charge in [-0.1, -0.05) is 17.3 Å². The Kier molecular flexibility index (Phi) is 5.02. The van der Waals surface area contributed by atoms with Gasteiger partial charge in [0.05, 0.1) is 12.7 Å². The summed E-state index contributed by atoms with van der Waals surface area (Å²) >= 11 is 0. The fourth-order valence-electron chi connectivity index (χ4n) is 2.17. The summed E-state index contributed by atoms with van der Waals surface area (Å²) in [5.41, 5.74) is 1.74. The second kappa shape index (κ2) is 7.56. The molecule has 0 aliphatic heterocycles. The summed E-state index contributed by atoms with van der Waals surface area (Å²) in [4.78, 5) is 27.5. The fraction of sp³-hybridized carbons (Fsp3) is 0.111. The van der Waals surface area contributed by atoms with Gasteiger partial charge in [-0.3, -0.25) is 4.79 Å². The smallest absolute Gasteiger partial charge is 0.337 e. The molecule has 1 N–H and O–H groups in total. The van der Waals surface area contributed by atoms with Gasteiger partial charge < -0.3 is 14.6 Å². The SMILES string of the molecule is COC(=O)c1ccc(CNC(=O)c2nc(-c3ccc(F)cc3)no2)cc1. The van der Waals surface area contributed by atoms with Crippen molar-refractivity contribution < 1.29 is 23.2 Å². The van der Waals surface area contributed by atoms with E-state index < -0.39 is 11.9 Å². The summed E-state index contributed by atoms with van der Waals surface area (Å²) in [5, 5.41) is 6.35. The first-order valence-electron chi connectivity index (χ1n) is 7.62. The van der Waals surface area contributed by atoms with E-state index in [1.165, 1.54) is 31.4 Å². The zero-order valence-electron chi connectivity index (χ0n) is 13.7. The molecule has 2 aromatic carbocycles. The minimum Gasteiger partial charge on any atom is -0.465 e. The highest BCUT2D eigenvalue weighted by molar-refractivity contribution is 5.90. The van der Waals surface area contributed by atoms with Crippen molar-refractivity contribution in [2.75, 3.05) is 7.11 Å². The zero-order chi connectivity index (χ0) is 18.5. The van der Waals surface area contributed by atoms with Gasteiger partial charge in [-0.05, 0) is 42.0 Å². The molecule has 0 saturated carbocycles. The van der Waals surface area contributed by atoms with Gasteiger partial charge in [0, 0.05) is 12.1 Å². The van der Waals surface area contributed by atoms with E-state index in [1.54, 1.807) is 24.3 Å². The normalized spacial score (nSPS) is 10.4. The predicted octanol–water partition coefficient (Wildman–Crippen LogP) is 2.59. The number of carbonyl (C=O) groups excluding carboxylic acids is 2. The van der Waals surface area contributed by atoms with E-state index in [4.69, 9.17) is 4.52 Å². The number of rotatable bonds is 5. The van der Waals surface area contributed by atoms with Crippen LogP contribution in [-0.2, 0) is 11.3 Å². The molecule has 1 amide bonds. The molecule has 7 nitrogen and oxygen atoms in total. The number of nitrogens with one attached hydrogen (secondary N) is 1. The summed E-state index contributed by atoms with van der Waals surface area (Å²) in [6.07, 6.45) is 0. The number of amides is 1. The van der Waals surface area contributed by atoms with Crippen LogP contribution >= 0.6 is 0 Å². The highest BCUT2D eigenvalue weighted by atomic mass is 19.1. The van der Waals surface area contributed by atoms with E-state index in [0.29, 0.717) is 11.1 Å². The predicted molar refractivity (Wildman–Crippen MR) is 88.6 cm³/mol. The first-order chi connectivity index (χ1) is 12.6. The Bertz CT molecular complexity index is 920. The van der Waals surface area contributed by atoms with Crippen molar-refractivity contribution in [3.05, 3.63) is 71.4 Å². The molecule has 8 heteroatoms. The van der Waals surface area contributed by atoms with Crippen molar-refractivity contribution >= 4 is 11.9 Å². The number of nitrogens with zero attached hydrogens (tertiary/aromatic N) is 2. The molecular formula is C18H14FN3O4. The number of hydrogen-bond acceptors (Lipinski definition) is 6. The first kappa shape index (κ1) is 17.3. The molecule has 132 valence electrons. The van der Waals surface area contributed by atoms with Gasteiger partial charge in [-0.25, -0.2) is 9.18 Å². The van der Waals surface area contributed by atoms with E-state index in [9.17, 15) is 14.0 Å². The maximum atomic E-state index is 12.9. The molecule has 26 heavy (non-hydrogen) atoms. The summed E-state index contributed by atoms with van der Waals surface area (Å²) in [5.74, 6) is -1.36. The molecule has 3 rings (SSSR count). The fourth-order valence-corrected chi connectivity index (χ4v) is 2.17. The van der Waals surface area contributed by atoms with Crippen molar-refractivity contribution in [2.24, 2.45) is 0 Å². The highest BCUT2D eigenvalue weighted by Crippen LogP contribution is 2.16. The molecule has 0 bridgehead atoms. The molecule has 0 fully saturated rings. The summed E-state index contributed by atoms with van der Waals surface area (Å²) < 4.78 is 22.5. The van der Waals surface area contributed by atoms with Gasteiger partial charge in [-0.2, -0.15) is 4.98 Å². The number of benzene rings is 2. The van der Waals surface area contributed by atoms with Crippen LogP contribution in [-0.4, -0.2) is 29.1 Å². The van der Waals surface area contributed by atoms with Crippen LogP contribution < -0.4 is 5.32 Å². The molecule has 0 aliphatic carbocycles. The lowest BCUT2D eigenvalue weighted by atomic mass is 10.1. The van der Waals surface area contributed by atoms with E-state index in [-0.39, 0.29) is 24.1 Å². The third-order valence-corrected chi connectivity index (χ3v) is 3.55. The average Bonchev–Trinajstić information content (AvgIpc) is 3.16. The second-order valence-electron chi connectivity index (χ2n) is 5.30. The zero-order valence-corrected chi connectivity index (χ0v) is 13.7. The second-order valence-corrected chi connectivity index (χ2v) is 5.30. The van der Waals surface area contributed by atoms with Gasteiger partial charge in [-0.15, -0.1) is 0 Å². The molecule has 1 heterocycles. The minimum absolute atomic E-state index is 0.192. The van der Waals surface area contributed by atoms with Crippen LogP contribution in [0.4, 0.5) is 4.39 Å².